The number of rotatable bonds is 2. The second-order valence-corrected chi connectivity index (χ2v) is 7.60. The van der Waals surface area contributed by atoms with Crippen LogP contribution in [0.4, 0.5) is 0 Å². The Kier molecular flexibility index (Phi) is 4.58. The van der Waals surface area contributed by atoms with Crippen LogP contribution < -0.4 is 0 Å². The van der Waals surface area contributed by atoms with Crippen LogP contribution in [0.2, 0.25) is 0 Å². The third kappa shape index (κ3) is 2.89. The Morgan fingerprint density at radius 2 is 1.93 bits per heavy atom. The van der Waals surface area contributed by atoms with Crippen LogP contribution in [0.1, 0.15) is 46.9 Å². The number of carboxylic acid groups (broad SMARTS) is 1. The molecule has 29 heavy (non-hydrogen) atoms. The lowest BCUT2D eigenvalue weighted by molar-refractivity contribution is -0.333. The average Bonchev–Trinajstić information content (AvgIpc) is 2.63. The first-order valence-electron chi connectivity index (χ1n) is 9.24. The summed E-state index contributed by atoms with van der Waals surface area (Å²) in [7, 11) is 0. The summed E-state index contributed by atoms with van der Waals surface area (Å²) in [5.74, 6) is -5.15. The van der Waals surface area contributed by atoms with Crippen molar-refractivity contribution in [3.8, 4) is 5.75 Å². The molecule has 1 spiro atoms. The highest BCUT2D eigenvalue weighted by Crippen LogP contribution is 2.48. The number of hydrogen-bond donors (Lipinski definition) is 4. The van der Waals surface area contributed by atoms with Gasteiger partial charge in [-0.3, -0.25) is 14.4 Å². The number of ketones is 2. The van der Waals surface area contributed by atoms with E-state index in [1.54, 1.807) is 6.92 Å². The van der Waals surface area contributed by atoms with E-state index in [2.05, 4.69) is 0 Å². The predicted octanol–water partition coefficient (Wildman–Crippen LogP) is 0.558. The fraction of sp³-hybridized carbons (Fsp3) is 0.450. The van der Waals surface area contributed by atoms with Gasteiger partial charge in [-0.05, 0) is 13.0 Å². The van der Waals surface area contributed by atoms with Crippen molar-refractivity contribution in [2.75, 3.05) is 0 Å². The maximum absolute atomic E-state index is 13.3. The largest absolute Gasteiger partial charge is 0.507 e. The molecule has 4 N–H and O–H groups in total. The quantitative estimate of drug-likeness (QED) is 0.554. The third-order valence-corrected chi connectivity index (χ3v) is 5.54. The van der Waals surface area contributed by atoms with Crippen molar-refractivity contribution in [3.63, 3.8) is 0 Å². The van der Waals surface area contributed by atoms with Gasteiger partial charge in [-0.15, -0.1) is 0 Å². The first-order chi connectivity index (χ1) is 13.7. The van der Waals surface area contributed by atoms with Gasteiger partial charge in [0.05, 0.1) is 35.9 Å². The number of aliphatic carboxylic acids is 1. The highest BCUT2D eigenvalue weighted by atomic mass is 16.7. The van der Waals surface area contributed by atoms with E-state index in [0.717, 1.165) is 0 Å². The van der Waals surface area contributed by atoms with Crippen molar-refractivity contribution in [2.24, 2.45) is 0 Å². The van der Waals surface area contributed by atoms with E-state index in [0.29, 0.717) is 0 Å². The number of hydrogen-bond acceptors (Lipinski definition) is 8. The number of benzene rings is 1. The number of carbonyl (C=O) groups excluding carboxylic acids is 2. The van der Waals surface area contributed by atoms with E-state index in [1.165, 1.54) is 18.2 Å². The van der Waals surface area contributed by atoms with Gasteiger partial charge in [-0.1, -0.05) is 12.1 Å². The number of Topliss-reactive ketones (excluding diaryl/α,β-unsaturated/α-hetero) is 2. The lowest BCUT2D eigenvalue weighted by Crippen LogP contribution is -2.64. The molecule has 1 saturated heterocycles. The molecule has 0 radical (unpaired) electrons. The molecule has 1 fully saturated rings. The van der Waals surface area contributed by atoms with Gasteiger partial charge >= 0.3 is 5.97 Å². The molecule has 0 unspecified atom stereocenters. The third-order valence-electron chi connectivity index (χ3n) is 5.54. The molecule has 2 heterocycles. The maximum atomic E-state index is 13.3. The van der Waals surface area contributed by atoms with Crippen molar-refractivity contribution in [1.82, 2.24) is 0 Å². The van der Waals surface area contributed by atoms with Gasteiger partial charge in [0.25, 0.3) is 0 Å². The molecule has 9 nitrogen and oxygen atoms in total. The molecule has 3 aliphatic rings. The first kappa shape index (κ1) is 19.7. The number of phenols is 1. The van der Waals surface area contributed by atoms with Crippen molar-refractivity contribution in [1.29, 1.82) is 0 Å². The molecule has 1 aliphatic carbocycles. The van der Waals surface area contributed by atoms with Crippen molar-refractivity contribution < 1.29 is 44.3 Å². The van der Waals surface area contributed by atoms with Crippen LogP contribution in [-0.4, -0.2) is 68.2 Å². The molecule has 2 aliphatic heterocycles. The minimum atomic E-state index is -2.21. The highest BCUT2D eigenvalue weighted by Gasteiger charge is 2.60. The van der Waals surface area contributed by atoms with Crippen LogP contribution in [0.25, 0.3) is 0 Å². The molecule has 5 atom stereocenters. The van der Waals surface area contributed by atoms with Crippen LogP contribution in [0.3, 0.4) is 0 Å². The summed E-state index contributed by atoms with van der Waals surface area (Å²) in [6, 6.07) is 4.07. The minimum Gasteiger partial charge on any atom is -0.507 e. The van der Waals surface area contributed by atoms with Crippen LogP contribution in [-0.2, 0) is 14.3 Å². The number of aliphatic hydroxyl groups is 2. The van der Waals surface area contributed by atoms with Gasteiger partial charge < -0.3 is 29.9 Å². The van der Waals surface area contributed by atoms with Crippen molar-refractivity contribution in [2.45, 2.75) is 56.4 Å². The van der Waals surface area contributed by atoms with Crippen molar-refractivity contribution in [3.05, 3.63) is 40.5 Å². The Balaban J connectivity index is 1.94. The number of phenolic OH excluding ortho intramolecular Hbond substituents is 1. The molecule has 0 saturated carbocycles. The first-order valence-corrected chi connectivity index (χ1v) is 9.24. The number of aromatic hydroxyl groups is 1. The van der Waals surface area contributed by atoms with Gasteiger partial charge in [0.1, 0.15) is 11.9 Å². The Morgan fingerprint density at radius 1 is 1.21 bits per heavy atom. The topological polar surface area (TPSA) is 151 Å². The summed E-state index contributed by atoms with van der Waals surface area (Å²) in [4.78, 5) is 37.8. The summed E-state index contributed by atoms with van der Waals surface area (Å²) >= 11 is 0. The Morgan fingerprint density at radius 3 is 2.62 bits per heavy atom. The average molecular weight is 404 g/mol. The van der Waals surface area contributed by atoms with E-state index in [9.17, 15) is 34.8 Å². The Labute approximate surface area is 165 Å². The molecule has 1 aromatic carbocycles. The molecule has 154 valence electrons. The molecule has 0 bridgehead atoms. The van der Waals surface area contributed by atoms with E-state index < -0.39 is 59.9 Å². The second-order valence-electron chi connectivity index (χ2n) is 7.60. The van der Waals surface area contributed by atoms with E-state index in [1.807, 2.05) is 0 Å². The molecule has 4 rings (SSSR count). The summed E-state index contributed by atoms with van der Waals surface area (Å²) < 4.78 is 11.6. The minimum absolute atomic E-state index is 0.0150. The fourth-order valence-electron chi connectivity index (χ4n) is 4.40. The zero-order valence-corrected chi connectivity index (χ0v) is 15.5. The van der Waals surface area contributed by atoms with Crippen LogP contribution in [0, 0.1) is 0 Å². The number of carbonyl (C=O) groups is 3. The molecule has 9 heteroatoms. The molecule has 0 aromatic heterocycles. The zero-order valence-electron chi connectivity index (χ0n) is 15.5. The van der Waals surface area contributed by atoms with E-state index in [-0.39, 0.29) is 35.1 Å². The Bertz CT molecular complexity index is 949. The number of ether oxygens (including phenoxy) is 2. The lowest BCUT2D eigenvalue weighted by atomic mass is 9.73. The number of fused-ring (bicyclic) bond motifs is 2. The van der Waals surface area contributed by atoms with Crippen molar-refractivity contribution >= 4 is 17.5 Å². The standard InChI is InChI=1S/C20H20O9/c1-8-5-13(22)19(27)20(28-8)16-11(6-9(29-20)7-14(23)24)17(25)10-3-2-4-12(21)15(10)18(16)26/h2-4,8-9,13,19,21-22,27H,5-7H2,1H3,(H,23,24)/t8-,9+,13+,19-,20-/m1/s1. The molecule has 1 aromatic rings. The molecular weight excluding hydrogens is 384 g/mol. The molecule has 0 amide bonds. The van der Waals surface area contributed by atoms with Crippen LogP contribution in [0.15, 0.2) is 29.3 Å². The van der Waals surface area contributed by atoms with Gasteiger partial charge in [0, 0.05) is 24.0 Å². The van der Waals surface area contributed by atoms with Gasteiger partial charge in [-0.2, -0.15) is 0 Å². The second kappa shape index (κ2) is 6.74. The number of carboxylic acids is 1. The van der Waals surface area contributed by atoms with Crippen LogP contribution >= 0.6 is 0 Å². The lowest BCUT2D eigenvalue weighted by Gasteiger charge is -2.51. The van der Waals surface area contributed by atoms with E-state index >= 15 is 0 Å². The summed E-state index contributed by atoms with van der Waals surface area (Å²) in [6.45, 7) is 1.60. The predicted molar refractivity (Wildman–Crippen MR) is 95.4 cm³/mol. The number of aliphatic hydroxyl groups excluding tert-OH is 2. The van der Waals surface area contributed by atoms with Gasteiger partial charge in [-0.25, -0.2) is 0 Å². The summed E-state index contributed by atoms with van der Waals surface area (Å²) in [6.07, 6.45) is -5.39. The van der Waals surface area contributed by atoms with Gasteiger partial charge in [0.15, 0.2) is 11.6 Å². The van der Waals surface area contributed by atoms with E-state index in [4.69, 9.17) is 9.47 Å². The van der Waals surface area contributed by atoms with Crippen LogP contribution in [0.5, 0.6) is 5.75 Å². The summed E-state index contributed by atoms with van der Waals surface area (Å²) in [5, 5.41) is 40.5. The monoisotopic (exact) mass is 404 g/mol. The van der Waals surface area contributed by atoms with Gasteiger partial charge in [0.2, 0.25) is 5.79 Å². The summed E-state index contributed by atoms with van der Waals surface area (Å²) in [5.41, 5.74) is -0.583. The zero-order chi connectivity index (χ0) is 21.1. The normalized spacial score (nSPS) is 34.2. The smallest absolute Gasteiger partial charge is 0.305 e. The maximum Gasteiger partial charge on any atom is 0.305 e. The fourth-order valence-corrected chi connectivity index (χ4v) is 4.40. The SMILES string of the molecule is C[C@@H]1C[C@H](O)[C@@H](O)[C@@]2(O[C@H](CC(=O)O)CC3=C2C(=O)c2c(O)cccc2C3=O)O1. The molecular formula is C20H20O9. The Hall–Kier alpha value is -2.59. The highest BCUT2D eigenvalue weighted by molar-refractivity contribution is 6.28.